The van der Waals surface area contributed by atoms with Crippen molar-refractivity contribution in [3.63, 3.8) is 0 Å². The first kappa shape index (κ1) is 31.2. The number of rotatable bonds is 8. The summed E-state index contributed by atoms with van der Waals surface area (Å²) in [4.78, 5) is 38.4. The van der Waals surface area contributed by atoms with Crippen LogP contribution < -0.4 is 5.32 Å². The lowest BCUT2D eigenvalue weighted by Crippen LogP contribution is -2.48. The molecule has 3 aromatic rings. The molecule has 0 bridgehead atoms. The van der Waals surface area contributed by atoms with Gasteiger partial charge in [-0.25, -0.2) is 9.97 Å². The van der Waals surface area contributed by atoms with Gasteiger partial charge in [-0.15, -0.1) is 0 Å². The Labute approximate surface area is 236 Å². The maximum Gasteiger partial charge on any atom is 0.416 e. The number of benzene rings is 1. The monoisotopic (exact) mass is 570 g/mol. The maximum atomic E-state index is 13.4. The maximum absolute atomic E-state index is 13.4. The fourth-order valence-corrected chi connectivity index (χ4v) is 4.50. The number of nitrogens with zero attached hydrogens (tertiary/aromatic N) is 5. The zero-order valence-corrected chi connectivity index (χ0v) is 22.8. The van der Waals surface area contributed by atoms with Crippen LogP contribution in [0, 0.1) is 0 Å². The minimum atomic E-state index is -4.40. The molecule has 1 aliphatic heterocycles. The predicted octanol–water partition coefficient (Wildman–Crippen LogP) is 5.25. The fraction of sp³-hybridized carbons (Fsp3) is 0.345. The van der Waals surface area contributed by atoms with Crippen LogP contribution in [0.5, 0.6) is 0 Å². The number of carboxylic acid groups (broad SMARTS) is 1. The van der Waals surface area contributed by atoms with Gasteiger partial charge in [-0.2, -0.15) is 13.2 Å². The van der Waals surface area contributed by atoms with E-state index >= 15 is 0 Å². The van der Waals surface area contributed by atoms with E-state index in [1.54, 1.807) is 30.7 Å². The SMILES string of the molecule is CC(C)N1CCC(N(Cc2cncc(Nc3ccncn3)c2)C(=O)/C=C/c2ccc(C(F)(F)F)cc2)CC1.O=CO. The third-order valence-corrected chi connectivity index (χ3v) is 6.61. The van der Waals surface area contributed by atoms with Crippen molar-refractivity contribution in [1.82, 2.24) is 24.8 Å². The van der Waals surface area contributed by atoms with E-state index in [1.807, 2.05) is 11.0 Å². The molecule has 1 fully saturated rings. The van der Waals surface area contributed by atoms with E-state index in [9.17, 15) is 18.0 Å². The zero-order valence-electron chi connectivity index (χ0n) is 22.8. The van der Waals surface area contributed by atoms with Crippen molar-refractivity contribution >= 4 is 30.0 Å². The second kappa shape index (κ2) is 14.9. The fourth-order valence-electron chi connectivity index (χ4n) is 4.50. The molecule has 9 nitrogen and oxygen atoms in total. The molecule has 0 radical (unpaired) electrons. The van der Waals surface area contributed by atoms with Crippen molar-refractivity contribution in [1.29, 1.82) is 0 Å². The molecule has 0 saturated carbocycles. The number of aromatic nitrogens is 3. The molecule has 4 rings (SSSR count). The molecule has 1 amide bonds. The molecule has 0 spiro atoms. The summed E-state index contributed by atoms with van der Waals surface area (Å²) >= 11 is 0. The smallest absolute Gasteiger partial charge is 0.416 e. The average Bonchev–Trinajstić information content (AvgIpc) is 2.96. The highest BCUT2D eigenvalue weighted by atomic mass is 19.4. The van der Waals surface area contributed by atoms with E-state index in [0.717, 1.165) is 49.3 Å². The molecular formula is C29H33F3N6O3. The normalized spacial score (nSPS) is 14.4. The van der Waals surface area contributed by atoms with Gasteiger partial charge in [0.1, 0.15) is 12.1 Å². The van der Waals surface area contributed by atoms with Crippen molar-refractivity contribution in [3.05, 3.63) is 84.1 Å². The number of hydrogen-bond acceptors (Lipinski definition) is 7. The number of piperidine rings is 1. The summed E-state index contributed by atoms with van der Waals surface area (Å²) in [5.41, 5.74) is 1.40. The van der Waals surface area contributed by atoms with Crippen molar-refractivity contribution in [2.24, 2.45) is 0 Å². The highest BCUT2D eigenvalue weighted by molar-refractivity contribution is 5.92. The summed E-state index contributed by atoms with van der Waals surface area (Å²) in [6, 6.07) is 8.92. The molecule has 12 heteroatoms. The van der Waals surface area contributed by atoms with E-state index in [1.165, 1.54) is 24.5 Å². The number of likely N-dealkylation sites (tertiary alicyclic amines) is 1. The molecule has 2 aromatic heterocycles. The number of halogens is 3. The molecule has 0 aliphatic carbocycles. The zero-order chi connectivity index (χ0) is 29.8. The highest BCUT2D eigenvalue weighted by Crippen LogP contribution is 2.29. The van der Waals surface area contributed by atoms with Gasteiger partial charge in [-0.05, 0) is 68.2 Å². The number of amides is 1. The van der Waals surface area contributed by atoms with E-state index in [-0.39, 0.29) is 18.4 Å². The molecule has 0 unspecified atom stereocenters. The van der Waals surface area contributed by atoms with Gasteiger partial charge in [0, 0.05) is 50.2 Å². The second-order valence-electron chi connectivity index (χ2n) is 9.69. The standard InChI is InChI=1S/C28H31F3N6O.CH2O2/c1-20(2)36-13-10-25(11-14-36)37(27(38)8-5-21-3-6-23(7-4-21)28(29,30)31)18-22-15-24(17-33-16-22)35-26-9-12-32-19-34-26;2-1-3/h3-9,12,15-17,19-20,25H,10-11,13-14,18H2,1-2H3,(H,32,34,35);1H,(H,2,3)/b8-5+;. The number of alkyl halides is 3. The van der Waals surface area contributed by atoms with Gasteiger partial charge in [-0.3, -0.25) is 14.6 Å². The third-order valence-electron chi connectivity index (χ3n) is 6.61. The van der Waals surface area contributed by atoms with Crippen molar-refractivity contribution in [3.8, 4) is 0 Å². The number of pyridine rings is 1. The first-order valence-electron chi connectivity index (χ1n) is 13.1. The summed E-state index contributed by atoms with van der Waals surface area (Å²) in [6.45, 7) is 6.22. The van der Waals surface area contributed by atoms with Gasteiger partial charge in [0.25, 0.3) is 6.47 Å². The first-order chi connectivity index (χ1) is 19.6. The van der Waals surface area contributed by atoms with Crippen LogP contribution in [0.3, 0.4) is 0 Å². The van der Waals surface area contributed by atoms with Crippen molar-refractivity contribution in [2.45, 2.75) is 51.5 Å². The summed E-state index contributed by atoms with van der Waals surface area (Å²) in [5.74, 6) is 0.439. The second-order valence-corrected chi connectivity index (χ2v) is 9.69. The number of anilines is 2. The average molecular weight is 571 g/mol. The molecule has 0 atom stereocenters. The molecule has 3 heterocycles. The largest absolute Gasteiger partial charge is 0.483 e. The van der Waals surface area contributed by atoms with Crippen molar-refractivity contribution in [2.75, 3.05) is 18.4 Å². The molecule has 41 heavy (non-hydrogen) atoms. The van der Waals surface area contributed by atoms with Gasteiger partial charge in [-0.1, -0.05) is 12.1 Å². The Morgan fingerprint density at radius 2 is 1.83 bits per heavy atom. The summed E-state index contributed by atoms with van der Waals surface area (Å²) in [6.07, 6.45) is 6.78. The minimum absolute atomic E-state index is 0.0354. The van der Waals surface area contributed by atoms with E-state index in [4.69, 9.17) is 9.90 Å². The topological polar surface area (TPSA) is 112 Å². The third kappa shape index (κ3) is 9.67. The van der Waals surface area contributed by atoms with E-state index in [0.29, 0.717) is 24.0 Å². The number of hydrogen-bond donors (Lipinski definition) is 2. The van der Waals surface area contributed by atoms with Crippen LogP contribution in [0.1, 0.15) is 43.4 Å². The van der Waals surface area contributed by atoms with Gasteiger partial charge < -0.3 is 20.2 Å². The Balaban J connectivity index is 0.00000147. The van der Waals surface area contributed by atoms with Crippen LogP contribution in [-0.2, 0) is 22.3 Å². The van der Waals surface area contributed by atoms with Gasteiger partial charge in [0.15, 0.2) is 0 Å². The Hall–Kier alpha value is -4.32. The lowest BCUT2D eigenvalue weighted by molar-refractivity contribution is -0.137. The summed E-state index contributed by atoms with van der Waals surface area (Å²) in [5, 5.41) is 10.1. The lowest BCUT2D eigenvalue weighted by Gasteiger charge is -2.39. The number of nitrogens with one attached hydrogen (secondary N) is 1. The van der Waals surface area contributed by atoms with Crippen LogP contribution in [0.15, 0.2) is 67.4 Å². The molecule has 1 aromatic carbocycles. The Bertz CT molecular complexity index is 1280. The van der Waals surface area contributed by atoms with Crippen LogP contribution >= 0.6 is 0 Å². The van der Waals surface area contributed by atoms with Gasteiger partial charge in [0.05, 0.1) is 17.4 Å². The van der Waals surface area contributed by atoms with Crippen LogP contribution in [-0.4, -0.2) is 67.4 Å². The van der Waals surface area contributed by atoms with E-state index in [2.05, 4.69) is 39.0 Å². The molecular weight excluding hydrogens is 537 g/mol. The molecule has 1 saturated heterocycles. The van der Waals surface area contributed by atoms with Crippen LogP contribution in [0.4, 0.5) is 24.7 Å². The van der Waals surface area contributed by atoms with Crippen molar-refractivity contribution < 1.29 is 27.9 Å². The quantitative estimate of drug-likeness (QED) is 0.279. The minimum Gasteiger partial charge on any atom is -0.483 e. The number of carbonyl (C=O) groups is 2. The Kier molecular flexibility index (Phi) is 11.3. The summed E-state index contributed by atoms with van der Waals surface area (Å²) in [7, 11) is 0. The Morgan fingerprint density at radius 3 is 2.41 bits per heavy atom. The van der Waals surface area contributed by atoms with E-state index < -0.39 is 11.7 Å². The summed E-state index contributed by atoms with van der Waals surface area (Å²) < 4.78 is 38.6. The van der Waals surface area contributed by atoms with Crippen LogP contribution in [0.2, 0.25) is 0 Å². The number of carbonyl (C=O) groups excluding carboxylic acids is 1. The first-order valence-corrected chi connectivity index (χ1v) is 13.1. The highest BCUT2D eigenvalue weighted by Gasteiger charge is 2.30. The Morgan fingerprint density at radius 1 is 1.15 bits per heavy atom. The molecule has 218 valence electrons. The van der Waals surface area contributed by atoms with Gasteiger partial charge >= 0.3 is 6.18 Å². The lowest BCUT2D eigenvalue weighted by atomic mass is 10.0. The van der Waals surface area contributed by atoms with Gasteiger partial charge in [0.2, 0.25) is 5.91 Å². The molecule has 2 N–H and O–H groups in total. The predicted molar refractivity (Wildman–Crippen MR) is 149 cm³/mol. The molecule has 1 aliphatic rings. The van der Waals surface area contributed by atoms with Crippen LogP contribution in [0.25, 0.3) is 6.08 Å².